The maximum absolute atomic E-state index is 15.6. The highest BCUT2D eigenvalue weighted by Crippen LogP contribution is 2.47. The van der Waals surface area contributed by atoms with Gasteiger partial charge in [0.05, 0.1) is 33.2 Å². The van der Waals surface area contributed by atoms with Crippen molar-refractivity contribution in [3.63, 3.8) is 0 Å². The van der Waals surface area contributed by atoms with Crippen molar-refractivity contribution < 1.29 is 33.2 Å². The summed E-state index contributed by atoms with van der Waals surface area (Å²) < 4.78 is 28.4. The van der Waals surface area contributed by atoms with Crippen molar-refractivity contribution in [2.75, 3.05) is 11.9 Å². The summed E-state index contributed by atoms with van der Waals surface area (Å²) in [6.45, 7) is 2.00. The van der Waals surface area contributed by atoms with E-state index in [1.807, 2.05) is 91.9 Å². The number of carbonyl (C=O) groups is 4. The number of benzene rings is 7. The van der Waals surface area contributed by atoms with Crippen LogP contribution in [-0.4, -0.2) is 35.6 Å². The zero-order chi connectivity index (χ0) is 40.1. The summed E-state index contributed by atoms with van der Waals surface area (Å²) in [6, 6.07) is 47.9. The van der Waals surface area contributed by atoms with Gasteiger partial charge in [-0.25, -0.2) is 4.90 Å². The number of ether oxygens (including phenoxy) is 2. The topological polar surface area (TPSA) is 110 Å². The van der Waals surface area contributed by atoms with E-state index in [1.165, 1.54) is 7.05 Å². The summed E-state index contributed by atoms with van der Waals surface area (Å²) in [6.07, 6.45) is 0. The van der Waals surface area contributed by atoms with Crippen LogP contribution in [0, 0.1) is 6.92 Å². The van der Waals surface area contributed by atoms with E-state index in [-0.39, 0.29) is 17.0 Å². The lowest BCUT2D eigenvalue weighted by Crippen LogP contribution is -2.29. The van der Waals surface area contributed by atoms with Crippen LogP contribution in [0.25, 0.3) is 11.1 Å². The molecule has 0 bridgehead atoms. The van der Waals surface area contributed by atoms with Crippen LogP contribution in [-0.2, 0) is 4.57 Å². The number of nitrogens with zero attached hydrogens (tertiary/aromatic N) is 2. The number of hydrogen-bond acceptors (Lipinski definition) is 7. The molecule has 0 aromatic heterocycles. The molecule has 0 fully saturated rings. The molecule has 0 saturated carbocycles. The SMILES string of the molecule is Cc1ccc(Oc2ccc(Oc3ccc(N4C(=O)c5ccc(-c6ccc7c(c6)C(=O)N(C)C7=O)cc5C4=O)cc3)c(P(=O)(c3ccccc3)c3ccccc3)c2)cc1. The van der Waals surface area contributed by atoms with Gasteiger partial charge in [0, 0.05) is 17.7 Å². The van der Waals surface area contributed by atoms with Gasteiger partial charge in [-0.2, -0.15) is 0 Å². The maximum atomic E-state index is 15.6. The average Bonchev–Trinajstić information content (AvgIpc) is 3.64. The Labute approximate surface area is 334 Å². The molecule has 2 aliphatic heterocycles. The normalized spacial score (nSPS) is 13.5. The Hall–Kier alpha value is -7.35. The molecule has 0 aliphatic carbocycles. The van der Waals surface area contributed by atoms with E-state index < -0.39 is 24.9 Å². The van der Waals surface area contributed by atoms with Crippen LogP contribution in [0.15, 0.2) is 164 Å². The molecular formula is C48H33N2O7P. The van der Waals surface area contributed by atoms with E-state index in [2.05, 4.69) is 0 Å². The zero-order valence-electron chi connectivity index (χ0n) is 31.3. The number of hydrogen-bond donors (Lipinski definition) is 0. The molecule has 282 valence electrons. The minimum absolute atomic E-state index is 0.220. The molecule has 2 heterocycles. The standard InChI is InChI=1S/C48H33N2O7P/c1-30-13-19-34(20-14-30)56-36-23-26-43(44(29-36)58(55,37-9-5-3-6-10-37)38-11-7-4-8-12-38)57-35-21-17-33(18-22-35)50-47(53)40-25-16-32(28-42(40)48(50)54)31-15-24-39-41(27-31)46(52)49(2)45(39)51/h3-29H,1-2H3. The first-order valence-corrected chi connectivity index (χ1v) is 20.2. The van der Waals surface area contributed by atoms with Crippen LogP contribution in [0.2, 0.25) is 0 Å². The van der Waals surface area contributed by atoms with Gasteiger partial charge in [-0.15, -0.1) is 0 Å². The second-order valence-corrected chi connectivity index (χ2v) is 16.8. The van der Waals surface area contributed by atoms with Crippen molar-refractivity contribution in [3.05, 3.63) is 192 Å². The number of fused-ring (bicyclic) bond motifs is 2. The van der Waals surface area contributed by atoms with E-state index in [0.717, 1.165) is 15.4 Å². The van der Waals surface area contributed by atoms with Gasteiger partial charge in [-0.3, -0.25) is 24.1 Å². The quantitative estimate of drug-likeness (QED) is 0.106. The predicted octanol–water partition coefficient (Wildman–Crippen LogP) is 8.91. The van der Waals surface area contributed by atoms with Gasteiger partial charge in [0.1, 0.15) is 23.0 Å². The third-order valence-corrected chi connectivity index (χ3v) is 13.5. The van der Waals surface area contributed by atoms with Gasteiger partial charge in [0.25, 0.3) is 23.6 Å². The van der Waals surface area contributed by atoms with Crippen molar-refractivity contribution in [1.29, 1.82) is 0 Å². The lowest BCUT2D eigenvalue weighted by molar-refractivity contribution is 0.0692. The van der Waals surface area contributed by atoms with Crippen LogP contribution in [0.4, 0.5) is 5.69 Å². The molecule has 9 rings (SSSR count). The molecule has 0 saturated heterocycles. The van der Waals surface area contributed by atoms with Crippen molar-refractivity contribution in [2.45, 2.75) is 6.92 Å². The van der Waals surface area contributed by atoms with Gasteiger partial charge >= 0.3 is 0 Å². The number of imide groups is 2. The molecule has 9 nitrogen and oxygen atoms in total. The Bertz CT molecular complexity index is 2810. The second kappa shape index (κ2) is 14.3. The summed E-state index contributed by atoms with van der Waals surface area (Å²) in [5.41, 5.74) is 3.77. The molecule has 7 aromatic carbocycles. The number of anilines is 1. The van der Waals surface area contributed by atoms with Crippen LogP contribution in [0.1, 0.15) is 47.0 Å². The maximum Gasteiger partial charge on any atom is 0.266 e. The van der Waals surface area contributed by atoms with Crippen LogP contribution in [0.3, 0.4) is 0 Å². The fourth-order valence-electron chi connectivity index (χ4n) is 7.32. The molecule has 58 heavy (non-hydrogen) atoms. The highest BCUT2D eigenvalue weighted by molar-refractivity contribution is 7.85. The molecule has 0 atom stereocenters. The summed E-state index contributed by atoms with van der Waals surface area (Å²) in [7, 11) is -2.11. The Morgan fingerprint density at radius 1 is 0.466 bits per heavy atom. The summed E-state index contributed by atoms with van der Waals surface area (Å²) >= 11 is 0. The van der Waals surface area contributed by atoms with Crippen molar-refractivity contribution in [2.24, 2.45) is 0 Å². The number of carbonyl (C=O) groups excluding carboxylic acids is 4. The third-order valence-electron chi connectivity index (χ3n) is 10.4. The van der Waals surface area contributed by atoms with Crippen molar-refractivity contribution in [3.8, 4) is 34.1 Å². The third kappa shape index (κ3) is 6.18. The fourth-order valence-corrected chi connectivity index (χ4v) is 10.1. The van der Waals surface area contributed by atoms with Crippen LogP contribution in [0.5, 0.6) is 23.0 Å². The highest BCUT2D eigenvalue weighted by Gasteiger charge is 2.38. The lowest BCUT2D eigenvalue weighted by Gasteiger charge is -2.23. The average molecular weight is 781 g/mol. The van der Waals surface area contributed by atoms with Crippen LogP contribution < -0.4 is 30.3 Å². The highest BCUT2D eigenvalue weighted by atomic mass is 31.2. The van der Waals surface area contributed by atoms with E-state index in [4.69, 9.17) is 9.47 Å². The zero-order valence-corrected chi connectivity index (χ0v) is 32.2. The van der Waals surface area contributed by atoms with Gasteiger partial charge in [0.2, 0.25) is 0 Å². The van der Waals surface area contributed by atoms with Crippen LogP contribution >= 0.6 is 7.14 Å². The summed E-state index contributed by atoms with van der Waals surface area (Å²) in [5.74, 6) is 0.107. The second-order valence-electron chi connectivity index (χ2n) is 14.1. The number of amides is 4. The lowest BCUT2D eigenvalue weighted by atomic mass is 9.97. The molecule has 4 amide bonds. The van der Waals surface area contributed by atoms with Gasteiger partial charge in [-0.05, 0) is 96.9 Å². The van der Waals surface area contributed by atoms with E-state index in [1.54, 1.807) is 78.9 Å². The van der Waals surface area contributed by atoms with E-state index in [0.29, 0.717) is 66.9 Å². The largest absolute Gasteiger partial charge is 0.457 e. The van der Waals surface area contributed by atoms with Crippen molar-refractivity contribution >= 4 is 52.4 Å². The fraction of sp³-hybridized carbons (Fsp3) is 0.0417. The number of aryl methyl sites for hydroxylation is 1. The van der Waals surface area contributed by atoms with E-state index >= 15 is 4.57 Å². The Kier molecular flexibility index (Phi) is 8.95. The minimum atomic E-state index is -3.54. The first-order chi connectivity index (χ1) is 28.1. The van der Waals surface area contributed by atoms with Gasteiger partial charge in [0.15, 0.2) is 7.14 Å². The minimum Gasteiger partial charge on any atom is -0.457 e. The Morgan fingerprint density at radius 2 is 0.948 bits per heavy atom. The molecule has 0 N–H and O–H groups in total. The summed E-state index contributed by atoms with van der Waals surface area (Å²) in [5, 5.41) is 1.67. The van der Waals surface area contributed by atoms with Crippen molar-refractivity contribution in [1.82, 2.24) is 4.90 Å². The Balaban J connectivity index is 1.03. The molecule has 2 aliphatic rings. The first kappa shape index (κ1) is 36.3. The smallest absolute Gasteiger partial charge is 0.266 e. The molecule has 0 radical (unpaired) electrons. The molecule has 10 heteroatoms. The predicted molar refractivity (Wildman–Crippen MR) is 223 cm³/mol. The Morgan fingerprint density at radius 3 is 1.55 bits per heavy atom. The molecular weight excluding hydrogens is 748 g/mol. The molecule has 0 spiro atoms. The summed E-state index contributed by atoms with van der Waals surface area (Å²) in [4.78, 5) is 54.7. The first-order valence-electron chi connectivity index (χ1n) is 18.5. The molecule has 7 aromatic rings. The van der Waals surface area contributed by atoms with E-state index in [9.17, 15) is 19.2 Å². The van der Waals surface area contributed by atoms with Gasteiger partial charge in [-0.1, -0.05) is 90.5 Å². The number of rotatable bonds is 9. The monoisotopic (exact) mass is 780 g/mol. The van der Waals surface area contributed by atoms with Gasteiger partial charge < -0.3 is 14.0 Å². The molecule has 0 unspecified atom stereocenters.